The van der Waals surface area contributed by atoms with E-state index in [4.69, 9.17) is 34.4 Å². The second kappa shape index (κ2) is 39.9. The molecule has 2 bridgehead atoms. The fourth-order valence-corrected chi connectivity index (χ4v) is 11.2. The van der Waals surface area contributed by atoms with Crippen molar-refractivity contribution < 1.29 is 62.3 Å². The van der Waals surface area contributed by atoms with Crippen LogP contribution < -0.4 is 82.5 Å². The first-order chi connectivity index (χ1) is 46.0. The number of para-hydroxylation sites is 1. The number of nitrogens with two attached hydrogens (primary N) is 6. The Balaban J connectivity index is 0.0000255. The number of carbonyl (C=O) groups is 13. The molecule has 0 saturated carbocycles. The summed E-state index contributed by atoms with van der Waals surface area (Å²) in [5, 5.41) is 27.9. The summed E-state index contributed by atoms with van der Waals surface area (Å²) in [7, 11) is 0. The van der Waals surface area contributed by atoms with Gasteiger partial charge in [0, 0.05) is 54.6 Å². The van der Waals surface area contributed by atoms with Crippen molar-refractivity contribution in [3.05, 3.63) is 47.9 Å². The number of hydrogen-bond donors (Lipinski definition) is 16. The van der Waals surface area contributed by atoms with Crippen molar-refractivity contribution in [2.75, 3.05) is 6.54 Å². The van der Waals surface area contributed by atoms with Crippen LogP contribution >= 0.6 is 0 Å². The minimum atomic E-state index is -1.80. The van der Waals surface area contributed by atoms with Crippen molar-refractivity contribution in [3.63, 3.8) is 0 Å². The van der Waals surface area contributed by atoms with Gasteiger partial charge < -0.3 is 76.6 Å². The second-order valence-electron chi connectivity index (χ2n) is 27.4. The number of ketones is 2. The molecule has 3 aromatic rings. The van der Waals surface area contributed by atoms with Crippen LogP contribution in [0.4, 0.5) is 0 Å². The summed E-state index contributed by atoms with van der Waals surface area (Å²) in [5.74, 6) is -13.1. The number of aromatic amines is 1. The van der Waals surface area contributed by atoms with Gasteiger partial charge in [0.1, 0.15) is 41.8 Å². The van der Waals surface area contributed by atoms with Crippen LogP contribution in [0.3, 0.4) is 0 Å². The van der Waals surface area contributed by atoms with Gasteiger partial charge >= 0.3 is 0 Å². The number of H-pyrrole nitrogens is 1. The van der Waals surface area contributed by atoms with Gasteiger partial charge in [0.05, 0.1) is 30.6 Å². The van der Waals surface area contributed by atoms with Gasteiger partial charge in [-0.15, -0.1) is 5.10 Å². The molecule has 0 saturated heterocycles. The molecule has 550 valence electrons. The predicted octanol–water partition coefficient (Wildman–Crippen LogP) is -0.992. The van der Waals surface area contributed by atoms with E-state index in [9.17, 15) is 57.5 Å². The van der Waals surface area contributed by atoms with Crippen LogP contribution in [0.2, 0.25) is 0 Å². The lowest BCUT2D eigenvalue weighted by Crippen LogP contribution is -2.65. The maximum Gasteiger partial charge on any atom is 0.243 e. The van der Waals surface area contributed by atoms with Crippen LogP contribution in [0.1, 0.15) is 177 Å². The van der Waals surface area contributed by atoms with E-state index in [0.717, 1.165) is 0 Å². The Morgan fingerprint density at radius 3 is 1.87 bits per heavy atom. The number of amides is 11. The Morgan fingerprint density at radius 1 is 0.657 bits per heavy atom. The van der Waals surface area contributed by atoms with Gasteiger partial charge in [-0.05, 0) is 107 Å². The molecule has 2 unspecified atom stereocenters. The highest BCUT2D eigenvalue weighted by atomic mass is 16.2. The molecule has 11 amide bonds. The minimum absolute atomic E-state index is 0. The molecule has 22 N–H and O–H groups in total. The van der Waals surface area contributed by atoms with Crippen molar-refractivity contribution in [1.82, 2.24) is 68.0 Å². The van der Waals surface area contributed by atoms with Crippen LogP contribution in [0.15, 0.2) is 41.7 Å². The summed E-state index contributed by atoms with van der Waals surface area (Å²) in [4.78, 5) is 188. The second-order valence-corrected chi connectivity index (χ2v) is 27.4. The normalized spacial score (nSPS) is 22.3. The number of Topliss-reactive ketones (excluding diaryl/α,β-unsaturated/α-hetero) is 2. The van der Waals surface area contributed by atoms with Gasteiger partial charge in [0.15, 0.2) is 5.96 Å². The molecule has 2 aromatic heterocycles. The molecule has 1 aromatic carbocycles. The van der Waals surface area contributed by atoms with Crippen molar-refractivity contribution in [2.24, 2.45) is 62.6 Å². The number of nitrogens with one attached hydrogen (secondary N) is 10. The average molecular weight is 1390 g/mol. The van der Waals surface area contributed by atoms with Crippen LogP contribution in [-0.2, 0) is 81.7 Å². The van der Waals surface area contributed by atoms with Crippen molar-refractivity contribution in [2.45, 2.75) is 239 Å². The number of nitrogens with zero attached hydrogens (tertiary/aromatic N) is 4. The summed E-state index contributed by atoms with van der Waals surface area (Å²) in [6.45, 7) is 15.9. The van der Waals surface area contributed by atoms with Gasteiger partial charge in [-0.25, -0.2) is 10.9 Å². The molecule has 0 spiro atoms. The van der Waals surface area contributed by atoms with Crippen LogP contribution in [0.5, 0.6) is 0 Å². The van der Waals surface area contributed by atoms with Crippen LogP contribution in [0, 0.1) is 23.2 Å². The number of aliphatic imine (C=N–C) groups is 1. The van der Waals surface area contributed by atoms with E-state index >= 15 is 4.79 Å². The van der Waals surface area contributed by atoms with Crippen LogP contribution in [0.25, 0.3) is 10.9 Å². The summed E-state index contributed by atoms with van der Waals surface area (Å²) in [6, 6.07) is -4.74. The lowest BCUT2D eigenvalue weighted by molar-refractivity contribution is -0.141. The topological polar surface area (TPSA) is 545 Å². The van der Waals surface area contributed by atoms with Gasteiger partial charge in [-0.3, -0.25) is 72.0 Å². The van der Waals surface area contributed by atoms with Crippen molar-refractivity contribution in [1.29, 1.82) is 0 Å². The predicted molar refractivity (Wildman–Crippen MR) is 369 cm³/mol. The Labute approximate surface area is 578 Å². The van der Waals surface area contributed by atoms with E-state index in [0.29, 0.717) is 54.4 Å². The Kier molecular flexibility index (Phi) is 33.8. The molecule has 99 heavy (non-hydrogen) atoms. The maximum atomic E-state index is 15.1. The SMILES string of the molecule is C.CC(C)CC1NC(=O)[C@H](CC(N)=O)NC(=O)C(C)(C)CCCCCn2cc(nn2)CCC[C@@](C)(C(=O)N[C@@H](CCC(N)=O)C(=O)N[C@@H](CC(N)=O)C(N)=O)NN[C@@H](CC(C)C)C(=O)C(=O)[C@H](CC(C)C)NC(=O)C(CCCN=C(N)N)NC(=O)[C@H](Cc2c[nH]c3ccccc23)NC1=O. The number of hydrazine groups is 1. The number of hydrogen-bond acceptors (Lipinski definition) is 18. The third kappa shape index (κ3) is 28.2. The standard InChI is InChI=1S/C65H104N20O13.CH4/c1-35(2)27-44-53(89)54(90)45(28-36(3)4)82-83-65(9,62(98)79-43(21-22-50(66)86)57(93)76-46(55(69)91)31-51(67)87)24-15-17-39-34-85(84-81-39)26-14-10-13-23-64(7,8)61(97)80-49(32-52(68)88)60(96)77-47(29-37(5)6)58(94)78-48(30-38-33-73-41-19-12-11-18-40(38)41)59(95)74-42(56(92)75-44)20-16-25-72-63(70)71;/h11-12,18-19,33-37,42-49,73,82-83H,10,13-17,20-32H2,1-9H3,(H2,66,86)(H2,67,87)(H2,68,88)(H2,69,91)(H,74,95)(H,75,92)(H,76,93)(H,77,96)(H,78,94)(H,79,98)(H,80,97)(H4,70,71,72);1H4/t42?,43-,44-,45-,46-,47?,48-,49-,65-;/m0./s1. The van der Waals surface area contributed by atoms with Gasteiger partial charge in [-0.2, -0.15) is 0 Å². The Hall–Kier alpha value is -9.40. The number of rotatable bonds is 24. The lowest BCUT2D eigenvalue weighted by atomic mass is 9.85. The highest BCUT2D eigenvalue weighted by Gasteiger charge is 2.41. The first-order valence-corrected chi connectivity index (χ1v) is 33.4. The maximum absolute atomic E-state index is 15.1. The molecular formula is C66H108N20O13. The summed E-state index contributed by atoms with van der Waals surface area (Å²) in [5.41, 5.74) is 38.0. The molecule has 0 radical (unpaired) electrons. The summed E-state index contributed by atoms with van der Waals surface area (Å²) >= 11 is 0. The largest absolute Gasteiger partial charge is 0.370 e. The highest BCUT2D eigenvalue weighted by molar-refractivity contribution is 6.41. The van der Waals surface area contributed by atoms with E-state index < -0.39 is 155 Å². The quantitative estimate of drug-likeness (QED) is 0.0222. The fraction of sp³-hybridized carbons (Fsp3) is 0.636. The average Bonchev–Trinajstić information content (AvgIpc) is 1.80. The smallest absolute Gasteiger partial charge is 0.243 e. The van der Waals surface area contributed by atoms with E-state index in [1.807, 2.05) is 6.07 Å². The van der Waals surface area contributed by atoms with E-state index in [-0.39, 0.29) is 102 Å². The number of aryl methyl sites for hydroxylation is 2. The van der Waals surface area contributed by atoms with Gasteiger partial charge in [0.2, 0.25) is 76.5 Å². The Morgan fingerprint density at radius 2 is 1.24 bits per heavy atom. The molecule has 3 heterocycles. The number of guanidine groups is 1. The van der Waals surface area contributed by atoms with Crippen molar-refractivity contribution >= 4 is 93.4 Å². The molecule has 33 heteroatoms. The molecule has 33 nitrogen and oxygen atoms in total. The number of aromatic nitrogens is 4. The molecule has 0 aliphatic carbocycles. The zero-order valence-electron chi connectivity index (χ0n) is 57.8. The zero-order chi connectivity index (χ0) is 73.2. The van der Waals surface area contributed by atoms with Gasteiger partial charge in [0.25, 0.3) is 0 Å². The van der Waals surface area contributed by atoms with Gasteiger partial charge in [-0.1, -0.05) is 99.1 Å². The first-order valence-electron chi connectivity index (χ1n) is 33.4. The minimum Gasteiger partial charge on any atom is -0.370 e. The number of carbonyl (C=O) groups excluding carboxylic acids is 13. The third-order valence-electron chi connectivity index (χ3n) is 16.7. The highest BCUT2D eigenvalue weighted by Crippen LogP contribution is 2.26. The summed E-state index contributed by atoms with van der Waals surface area (Å²) < 4.78 is 1.63. The molecule has 1 aliphatic heterocycles. The molecule has 4 rings (SSSR count). The van der Waals surface area contributed by atoms with E-state index in [2.05, 4.69) is 68.4 Å². The molecular weight excluding hydrogens is 1280 g/mol. The van der Waals surface area contributed by atoms with Crippen molar-refractivity contribution in [3.8, 4) is 0 Å². The molecule has 0 fully saturated rings. The fourth-order valence-electron chi connectivity index (χ4n) is 11.2. The third-order valence-corrected chi connectivity index (χ3v) is 16.7. The number of primary amides is 4. The van der Waals surface area contributed by atoms with E-state index in [1.165, 1.54) is 6.92 Å². The number of benzene rings is 1. The lowest BCUT2D eigenvalue weighted by Gasteiger charge is -2.34. The van der Waals surface area contributed by atoms with E-state index in [1.54, 1.807) is 90.7 Å². The summed E-state index contributed by atoms with van der Waals surface area (Å²) in [6.07, 6.45) is 3.37. The van der Waals surface area contributed by atoms with Crippen LogP contribution in [-0.4, -0.2) is 163 Å². The Bertz CT molecular complexity index is 3320. The molecule has 1 aliphatic rings. The zero-order valence-corrected chi connectivity index (χ0v) is 57.8. The first kappa shape index (κ1) is 83.8. The monoisotopic (exact) mass is 1390 g/mol. The number of fused-ring (bicyclic) bond motifs is 3. The molecule has 9 atom stereocenters.